The zero-order valence-corrected chi connectivity index (χ0v) is 6.83. The monoisotopic (exact) mass is 167 g/mol. The van der Waals surface area contributed by atoms with Crippen molar-refractivity contribution in [2.75, 3.05) is 12.4 Å². The first-order chi connectivity index (χ1) is 5.65. The number of carboxylic acids is 1. The second kappa shape index (κ2) is 3.17. The first-order valence-electron chi connectivity index (χ1n) is 3.40. The maximum absolute atomic E-state index is 10.6. The Kier molecular flexibility index (Phi) is 2.23. The standard InChI is InChI=1S/C7H9N3O2/c1-4-9-3-5(7(11)12)6(8-2)10-4/h3H,1-2H3,(H,11,12)(H,8,9,10). The summed E-state index contributed by atoms with van der Waals surface area (Å²) in [7, 11) is 1.62. The highest BCUT2D eigenvalue weighted by atomic mass is 16.4. The summed E-state index contributed by atoms with van der Waals surface area (Å²) < 4.78 is 0. The zero-order valence-electron chi connectivity index (χ0n) is 6.83. The molecule has 0 saturated heterocycles. The quantitative estimate of drug-likeness (QED) is 0.671. The van der Waals surface area contributed by atoms with Gasteiger partial charge in [-0.1, -0.05) is 0 Å². The highest BCUT2D eigenvalue weighted by Gasteiger charge is 2.10. The molecule has 0 unspecified atom stereocenters. The van der Waals surface area contributed by atoms with Crippen LogP contribution in [0.1, 0.15) is 16.2 Å². The zero-order chi connectivity index (χ0) is 9.14. The van der Waals surface area contributed by atoms with Crippen LogP contribution >= 0.6 is 0 Å². The minimum absolute atomic E-state index is 0.0862. The van der Waals surface area contributed by atoms with Gasteiger partial charge in [-0.2, -0.15) is 0 Å². The molecule has 1 rings (SSSR count). The lowest BCUT2D eigenvalue weighted by Gasteiger charge is -2.03. The topological polar surface area (TPSA) is 75.1 Å². The minimum Gasteiger partial charge on any atom is -0.477 e. The van der Waals surface area contributed by atoms with Gasteiger partial charge in [0.25, 0.3) is 0 Å². The fraction of sp³-hybridized carbons (Fsp3) is 0.286. The van der Waals surface area contributed by atoms with Crippen molar-refractivity contribution in [3.63, 3.8) is 0 Å². The van der Waals surface area contributed by atoms with E-state index in [1.807, 2.05) is 0 Å². The van der Waals surface area contributed by atoms with Gasteiger partial charge < -0.3 is 10.4 Å². The van der Waals surface area contributed by atoms with E-state index < -0.39 is 5.97 Å². The number of nitrogens with zero attached hydrogens (tertiary/aromatic N) is 2. The average Bonchev–Trinajstić information content (AvgIpc) is 2.03. The Hall–Kier alpha value is -1.65. The Labute approximate surface area is 69.5 Å². The summed E-state index contributed by atoms with van der Waals surface area (Å²) in [4.78, 5) is 18.3. The predicted octanol–water partition coefficient (Wildman–Crippen LogP) is 0.525. The maximum Gasteiger partial charge on any atom is 0.341 e. The third kappa shape index (κ3) is 1.50. The molecule has 1 aromatic rings. The molecule has 12 heavy (non-hydrogen) atoms. The van der Waals surface area contributed by atoms with E-state index in [0.717, 1.165) is 0 Å². The van der Waals surface area contributed by atoms with Crippen LogP contribution in [0.5, 0.6) is 0 Å². The van der Waals surface area contributed by atoms with Crippen LogP contribution in [0.25, 0.3) is 0 Å². The number of carbonyl (C=O) groups is 1. The Bertz CT molecular complexity index is 312. The third-order valence-corrected chi connectivity index (χ3v) is 1.38. The van der Waals surface area contributed by atoms with Gasteiger partial charge in [-0.05, 0) is 6.92 Å². The van der Waals surface area contributed by atoms with E-state index >= 15 is 0 Å². The molecule has 5 nitrogen and oxygen atoms in total. The molecule has 0 spiro atoms. The van der Waals surface area contributed by atoms with E-state index in [0.29, 0.717) is 11.6 Å². The largest absolute Gasteiger partial charge is 0.477 e. The summed E-state index contributed by atoms with van der Waals surface area (Å²) in [5.41, 5.74) is 0.0862. The van der Waals surface area contributed by atoms with Crippen LogP contribution in [0.2, 0.25) is 0 Å². The SMILES string of the molecule is CNc1nc(C)ncc1C(=O)O. The molecule has 0 aliphatic carbocycles. The van der Waals surface area contributed by atoms with Crippen molar-refractivity contribution in [2.45, 2.75) is 6.92 Å². The Morgan fingerprint density at radius 2 is 2.33 bits per heavy atom. The fourth-order valence-electron chi connectivity index (χ4n) is 0.817. The second-order valence-electron chi connectivity index (χ2n) is 2.23. The number of nitrogens with one attached hydrogen (secondary N) is 1. The van der Waals surface area contributed by atoms with Gasteiger partial charge in [-0.3, -0.25) is 0 Å². The lowest BCUT2D eigenvalue weighted by molar-refractivity contribution is 0.0697. The highest BCUT2D eigenvalue weighted by Crippen LogP contribution is 2.09. The Morgan fingerprint density at radius 1 is 1.67 bits per heavy atom. The van der Waals surface area contributed by atoms with Crippen molar-refractivity contribution in [3.8, 4) is 0 Å². The van der Waals surface area contributed by atoms with Crippen molar-refractivity contribution >= 4 is 11.8 Å². The molecule has 2 N–H and O–H groups in total. The van der Waals surface area contributed by atoms with E-state index in [4.69, 9.17) is 5.11 Å². The molecular weight excluding hydrogens is 158 g/mol. The van der Waals surface area contributed by atoms with E-state index in [9.17, 15) is 4.79 Å². The van der Waals surface area contributed by atoms with Gasteiger partial charge in [0.15, 0.2) is 0 Å². The number of anilines is 1. The summed E-state index contributed by atoms with van der Waals surface area (Å²) in [6.07, 6.45) is 1.29. The molecular formula is C7H9N3O2. The van der Waals surface area contributed by atoms with Gasteiger partial charge in [-0.25, -0.2) is 14.8 Å². The van der Waals surface area contributed by atoms with Gasteiger partial charge in [0.2, 0.25) is 0 Å². The smallest absolute Gasteiger partial charge is 0.341 e. The fourth-order valence-corrected chi connectivity index (χ4v) is 0.817. The molecule has 64 valence electrons. The van der Waals surface area contributed by atoms with E-state index in [2.05, 4.69) is 15.3 Å². The normalized spacial score (nSPS) is 9.50. The van der Waals surface area contributed by atoms with Crippen molar-refractivity contribution in [1.82, 2.24) is 9.97 Å². The van der Waals surface area contributed by atoms with Gasteiger partial charge in [0.05, 0.1) is 0 Å². The average molecular weight is 167 g/mol. The molecule has 0 aromatic carbocycles. The summed E-state index contributed by atoms with van der Waals surface area (Å²) in [6, 6.07) is 0. The lowest BCUT2D eigenvalue weighted by Crippen LogP contribution is -2.06. The first kappa shape index (κ1) is 8.45. The van der Waals surface area contributed by atoms with Crippen molar-refractivity contribution in [2.24, 2.45) is 0 Å². The van der Waals surface area contributed by atoms with Crippen LogP contribution in [-0.4, -0.2) is 28.1 Å². The minimum atomic E-state index is -1.03. The van der Waals surface area contributed by atoms with E-state index in [1.165, 1.54) is 6.20 Å². The molecule has 0 bridgehead atoms. The number of hydrogen-bond donors (Lipinski definition) is 2. The molecule has 1 heterocycles. The summed E-state index contributed by atoms with van der Waals surface area (Å²) >= 11 is 0. The predicted molar refractivity (Wildman–Crippen MR) is 43.3 cm³/mol. The molecule has 5 heteroatoms. The highest BCUT2D eigenvalue weighted by molar-refractivity contribution is 5.92. The number of aromatic nitrogens is 2. The summed E-state index contributed by atoms with van der Waals surface area (Å²) in [5.74, 6) is -0.140. The first-order valence-corrected chi connectivity index (χ1v) is 3.40. The third-order valence-electron chi connectivity index (χ3n) is 1.38. The van der Waals surface area contributed by atoms with Gasteiger partial charge in [0, 0.05) is 13.2 Å². The Balaban J connectivity index is 3.20. The van der Waals surface area contributed by atoms with E-state index in [1.54, 1.807) is 14.0 Å². The molecule has 0 fully saturated rings. The number of hydrogen-bond acceptors (Lipinski definition) is 4. The van der Waals surface area contributed by atoms with Crippen LogP contribution in [0.15, 0.2) is 6.20 Å². The van der Waals surface area contributed by atoms with E-state index in [-0.39, 0.29) is 5.56 Å². The summed E-state index contributed by atoms with van der Waals surface area (Å²) in [6.45, 7) is 1.70. The van der Waals surface area contributed by atoms with Crippen LogP contribution < -0.4 is 5.32 Å². The van der Waals surface area contributed by atoms with Crippen molar-refractivity contribution in [3.05, 3.63) is 17.6 Å². The Morgan fingerprint density at radius 3 is 2.83 bits per heavy atom. The maximum atomic E-state index is 10.6. The molecule has 0 aliphatic heterocycles. The molecule has 0 radical (unpaired) electrons. The molecule has 0 aliphatic rings. The van der Waals surface area contributed by atoms with Gasteiger partial charge in [0.1, 0.15) is 17.2 Å². The van der Waals surface area contributed by atoms with Crippen molar-refractivity contribution in [1.29, 1.82) is 0 Å². The molecule has 0 saturated carbocycles. The van der Waals surface area contributed by atoms with Gasteiger partial charge in [-0.15, -0.1) is 0 Å². The summed E-state index contributed by atoms with van der Waals surface area (Å²) in [5, 5.41) is 11.4. The number of aromatic carboxylic acids is 1. The van der Waals surface area contributed by atoms with Crippen LogP contribution in [0.4, 0.5) is 5.82 Å². The number of aryl methyl sites for hydroxylation is 1. The van der Waals surface area contributed by atoms with Gasteiger partial charge >= 0.3 is 5.97 Å². The second-order valence-corrected chi connectivity index (χ2v) is 2.23. The van der Waals surface area contributed by atoms with Crippen LogP contribution in [-0.2, 0) is 0 Å². The number of carboxylic acid groups (broad SMARTS) is 1. The molecule has 0 amide bonds. The van der Waals surface area contributed by atoms with Crippen LogP contribution in [0.3, 0.4) is 0 Å². The molecule has 0 atom stereocenters. The van der Waals surface area contributed by atoms with Crippen molar-refractivity contribution < 1.29 is 9.90 Å². The lowest BCUT2D eigenvalue weighted by atomic mass is 10.3. The van der Waals surface area contributed by atoms with Crippen LogP contribution in [0, 0.1) is 6.92 Å². The number of rotatable bonds is 2. The molecule has 1 aromatic heterocycles.